The molecule has 65 heavy (non-hydrogen) atoms. The van der Waals surface area contributed by atoms with Crippen LogP contribution in [0.5, 0.6) is 0 Å². The van der Waals surface area contributed by atoms with Crippen LogP contribution in [0.3, 0.4) is 0 Å². The van der Waals surface area contributed by atoms with E-state index < -0.39 is 0 Å². The zero-order chi connectivity index (χ0) is 47.2. The number of aliphatic hydroxyl groups is 3. The van der Waals surface area contributed by atoms with Crippen LogP contribution < -0.4 is 0 Å². The second-order valence-electron chi connectivity index (χ2n) is 26.5. The van der Waals surface area contributed by atoms with Gasteiger partial charge in [0, 0.05) is 26.4 Å². The molecule has 0 aromatic rings. The second-order valence-corrected chi connectivity index (χ2v) is 26.5. The molecule has 376 valence electrons. The smallest absolute Gasteiger partial charge is 0.0612 e. The van der Waals surface area contributed by atoms with Gasteiger partial charge >= 0.3 is 0 Å². The minimum atomic E-state index is 0.0938. The molecule has 0 heterocycles. The first-order valence-electron chi connectivity index (χ1n) is 28.8. The van der Waals surface area contributed by atoms with Crippen molar-refractivity contribution in [2.75, 3.05) is 26.4 Å². The van der Waals surface area contributed by atoms with E-state index in [1.807, 2.05) is 5.57 Å². The lowest BCUT2D eigenvalue weighted by molar-refractivity contribution is -0.0645. The fraction of sp³-hybridized carbons (Fsp3) is 0.934. The molecule has 6 saturated carbocycles. The molecular formula is C61H108O4. The van der Waals surface area contributed by atoms with Crippen LogP contribution in [0, 0.1) is 98.6 Å². The Morgan fingerprint density at radius 1 is 0.523 bits per heavy atom. The minimum absolute atomic E-state index is 0.0938. The number of hydrogen-bond donors (Lipinski definition) is 3. The van der Waals surface area contributed by atoms with Gasteiger partial charge in [-0.05, 0) is 214 Å². The Hall–Kier alpha value is -0.680. The van der Waals surface area contributed by atoms with Gasteiger partial charge in [-0.1, -0.05) is 138 Å². The summed E-state index contributed by atoms with van der Waals surface area (Å²) in [5, 5.41) is 24.9. The monoisotopic (exact) mass is 905 g/mol. The molecule has 0 radical (unpaired) electrons. The lowest BCUT2D eigenvalue weighted by Gasteiger charge is -2.58. The van der Waals surface area contributed by atoms with Crippen LogP contribution in [-0.4, -0.2) is 47.9 Å². The molecule has 0 aromatic heterocycles. The highest BCUT2D eigenvalue weighted by Crippen LogP contribution is 2.69. The fourth-order valence-corrected chi connectivity index (χ4v) is 18.0. The molecular weight excluding hydrogens is 797 g/mol. The maximum Gasteiger partial charge on any atom is 0.0612 e. The van der Waals surface area contributed by atoms with Crippen LogP contribution in [0.25, 0.3) is 0 Å². The Morgan fingerprint density at radius 2 is 0.985 bits per heavy atom. The first-order valence-corrected chi connectivity index (χ1v) is 28.8. The predicted molar refractivity (Wildman–Crippen MR) is 275 cm³/mol. The zero-order valence-electron chi connectivity index (χ0n) is 44.8. The van der Waals surface area contributed by atoms with E-state index in [0.29, 0.717) is 40.8 Å². The van der Waals surface area contributed by atoms with Crippen LogP contribution in [0.2, 0.25) is 0 Å². The molecule has 0 spiro atoms. The van der Waals surface area contributed by atoms with Gasteiger partial charge in [0.1, 0.15) is 0 Å². The van der Waals surface area contributed by atoms with Crippen molar-refractivity contribution in [2.45, 2.75) is 236 Å². The maximum atomic E-state index is 9.07. The summed E-state index contributed by atoms with van der Waals surface area (Å²) >= 11 is 0. The van der Waals surface area contributed by atoms with Gasteiger partial charge in [0.15, 0.2) is 0 Å². The molecule has 0 aromatic carbocycles. The van der Waals surface area contributed by atoms with Crippen molar-refractivity contribution in [1.29, 1.82) is 0 Å². The number of aliphatic hydroxyl groups excluding tert-OH is 3. The van der Waals surface area contributed by atoms with E-state index in [4.69, 9.17) is 20.1 Å². The van der Waals surface area contributed by atoms with Gasteiger partial charge in [0.2, 0.25) is 0 Å². The Labute approximate surface area is 403 Å². The third-order valence-corrected chi connectivity index (χ3v) is 21.8. The molecule has 0 aliphatic heterocycles. The summed E-state index contributed by atoms with van der Waals surface area (Å²) in [7, 11) is 0. The summed E-state index contributed by atoms with van der Waals surface area (Å²) in [5.41, 5.74) is 5.79. The molecule has 6 unspecified atom stereocenters. The number of hydrogen-bond acceptors (Lipinski definition) is 4. The lowest BCUT2D eigenvalue weighted by atomic mass is 9.46. The lowest BCUT2D eigenvalue weighted by Crippen LogP contribution is -2.51. The predicted octanol–water partition coefficient (Wildman–Crippen LogP) is 15.8. The molecule has 16 atom stereocenters. The summed E-state index contributed by atoms with van der Waals surface area (Å²) in [6.45, 7) is 29.1. The van der Waals surface area contributed by atoms with Crippen molar-refractivity contribution < 1.29 is 20.1 Å². The Morgan fingerprint density at radius 3 is 1.43 bits per heavy atom. The summed E-state index contributed by atoms with van der Waals surface area (Å²) in [5.74, 6) is 12.2. The molecule has 0 saturated heterocycles. The summed E-state index contributed by atoms with van der Waals surface area (Å²) < 4.78 is 6.13. The third kappa shape index (κ3) is 11.8. The van der Waals surface area contributed by atoms with Gasteiger partial charge in [-0.3, -0.25) is 0 Å². The average molecular weight is 906 g/mol. The van der Waals surface area contributed by atoms with Crippen molar-refractivity contribution >= 4 is 0 Å². The van der Waals surface area contributed by atoms with E-state index in [9.17, 15) is 0 Å². The molecule has 8 aliphatic rings. The first-order chi connectivity index (χ1) is 31.0. The Kier molecular flexibility index (Phi) is 19.4. The highest BCUT2D eigenvalue weighted by Gasteiger charge is 2.60. The van der Waals surface area contributed by atoms with E-state index in [-0.39, 0.29) is 19.8 Å². The largest absolute Gasteiger partial charge is 0.396 e. The molecule has 4 nitrogen and oxygen atoms in total. The van der Waals surface area contributed by atoms with Gasteiger partial charge in [-0.2, -0.15) is 0 Å². The van der Waals surface area contributed by atoms with E-state index >= 15 is 0 Å². The van der Waals surface area contributed by atoms with Crippen molar-refractivity contribution in [2.24, 2.45) is 98.6 Å². The highest BCUT2D eigenvalue weighted by atomic mass is 16.5. The molecule has 4 heteroatoms. The van der Waals surface area contributed by atoms with Gasteiger partial charge in [-0.15, -0.1) is 0 Å². The van der Waals surface area contributed by atoms with E-state index in [0.717, 1.165) is 89.8 Å². The molecule has 8 aliphatic carbocycles. The van der Waals surface area contributed by atoms with Crippen molar-refractivity contribution in [3.05, 3.63) is 23.3 Å². The third-order valence-electron chi connectivity index (χ3n) is 21.8. The van der Waals surface area contributed by atoms with Gasteiger partial charge in [0.05, 0.1) is 6.10 Å². The fourth-order valence-electron chi connectivity index (χ4n) is 18.0. The van der Waals surface area contributed by atoms with E-state index in [1.54, 1.807) is 5.57 Å². The van der Waals surface area contributed by atoms with Crippen LogP contribution >= 0.6 is 0 Å². The summed E-state index contributed by atoms with van der Waals surface area (Å²) in [6.07, 6.45) is 38.4. The summed E-state index contributed by atoms with van der Waals surface area (Å²) in [6, 6.07) is 0. The second kappa shape index (κ2) is 23.5. The van der Waals surface area contributed by atoms with E-state index in [2.05, 4.69) is 88.3 Å². The normalized spacial score (nSPS) is 41.5. The molecule has 0 bridgehead atoms. The first kappa shape index (κ1) is 53.7. The van der Waals surface area contributed by atoms with Crippen molar-refractivity contribution in [3.63, 3.8) is 0 Å². The number of allylic oxidation sites excluding steroid dienone is 3. The van der Waals surface area contributed by atoms with Crippen LogP contribution in [-0.2, 0) is 4.74 Å². The molecule has 6 fully saturated rings. The topological polar surface area (TPSA) is 69.9 Å². The van der Waals surface area contributed by atoms with Crippen LogP contribution in [0.15, 0.2) is 23.3 Å². The van der Waals surface area contributed by atoms with Gasteiger partial charge in [0.25, 0.3) is 0 Å². The van der Waals surface area contributed by atoms with E-state index in [1.165, 1.54) is 135 Å². The standard InChI is InChI=1S/C30H52O2.C28H48.C3H8O2/c1-21(2)8-6-9-22(3)26-12-13-27-25-11-10-23-20-24(32-19-7-18-31)14-16-29(23,4)28(25)15-17-30(26,27)5;1-19(2)8-7-9-21(4)24-12-13-25-23-11-10-22-18-20(3)14-16-27(22,5)26(23)15-17-28(24,25)6;4-2-1-3-5/h10,21-22,24-28,31H,6-9,11-20H2,1-5H3;10,19-21,23-26H,7-9,11-18H2,1-6H3;4-5H,1-3H2/t22-,24+,25?,26-,27?,28?,29+,30-;20-,21+,23?,24+,25?,26?,27-,28+;/m10./s1. The number of fused-ring (bicyclic) bond motifs is 10. The molecule has 3 N–H and O–H groups in total. The minimum Gasteiger partial charge on any atom is -0.396 e. The van der Waals surface area contributed by atoms with Crippen molar-refractivity contribution in [1.82, 2.24) is 0 Å². The molecule has 8 rings (SSSR count). The van der Waals surface area contributed by atoms with Crippen LogP contribution in [0.1, 0.15) is 230 Å². The number of rotatable bonds is 16. The SMILES string of the molecule is CC(C)CCC[C@@H](C)[C@H]1CCC2C3CC=C4C[C@@H](C)CC[C@]4(C)C3CC[C@@]21C.CC(C)CCC[C@@H](C)[C@H]1CCC2C3CC=C4C[C@@H](OCCCO)CC[C@]4(C)C3CC[C@@]21C.OCCCO. The van der Waals surface area contributed by atoms with Crippen LogP contribution in [0.4, 0.5) is 0 Å². The Bertz CT molecular complexity index is 1510. The van der Waals surface area contributed by atoms with Gasteiger partial charge in [-0.25, -0.2) is 0 Å². The van der Waals surface area contributed by atoms with Crippen molar-refractivity contribution in [3.8, 4) is 0 Å². The summed E-state index contributed by atoms with van der Waals surface area (Å²) in [4.78, 5) is 0. The van der Waals surface area contributed by atoms with Gasteiger partial charge < -0.3 is 20.1 Å². The maximum absolute atomic E-state index is 9.07. The zero-order valence-corrected chi connectivity index (χ0v) is 44.8. The quantitative estimate of drug-likeness (QED) is 0.107. The highest BCUT2D eigenvalue weighted by molar-refractivity contribution is 5.27. The Balaban J connectivity index is 0.000000197. The average Bonchev–Trinajstić information content (AvgIpc) is 3.81. The number of ether oxygens (including phenoxy) is 1. The molecule has 0 amide bonds.